The lowest BCUT2D eigenvalue weighted by molar-refractivity contribution is -0.143. The number of hydrogen-bond donors (Lipinski definition) is 3. The molecular formula is C29H18ClF6N5O2. The Hall–Kier alpha value is -5.04. The van der Waals surface area contributed by atoms with E-state index in [1.54, 1.807) is 53.6 Å². The van der Waals surface area contributed by atoms with Crippen LogP contribution in [0, 0.1) is 0 Å². The molecule has 0 aliphatic heterocycles. The van der Waals surface area contributed by atoms with Gasteiger partial charge in [0.2, 0.25) is 0 Å². The number of benzene rings is 3. The summed E-state index contributed by atoms with van der Waals surface area (Å²) in [6, 6.07) is 14.2. The minimum atomic E-state index is -5.05. The summed E-state index contributed by atoms with van der Waals surface area (Å²) >= 11 is 5.96. The first-order valence-corrected chi connectivity index (χ1v) is 12.6. The summed E-state index contributed by atoms with van der Waals surface area (Å²) < 4.78 is 80.3. The molecule has 43 heavy (non-hydrogen) atoms. The number of nitrogens with one attached hydrogen (secondary N) is 2. The average Bonchev–Trinajstić information content (AvgIpc) is 3.40. The van der Waals surface area contributed by atoms with Crippen LogP contribution in [0.15, 0.2) is 91.4 Å². The maximum Gasteiger partial charge on any atom is 0.416 e. The lowest BCUT2D eigenvalue weighted by atomic mass is 10.0. The summed E-state index contributed by atoms with van der Waals surface area (Å²) in [6.07, 6.45) is -5.13. The number of urea groups is 1. The second-order valence-corrected chi connectivity index (χ2v) is 9.57. The monoisotopic (exact) mass is 617 g/mol. The third-order valence-electron chi connectivity index (χ3n) is 6.16. The fourth-order valence-corrected chi connectivity index (χ4v) is 4.26. The van der Waals surface area contributed by atoms with Gasteiger partial charge in [-0.25, -0.2) is 9.48 Å². The van der Waals surface area contributed by atoms with Crippen LogP contribution < -0.4 is 10.6 Å². The highest BCUT2D eigenvalue weighted by Gasteiger charge is 2.37. The van der Waals surface area contributed by atoms with E-state index >= 15 is 0 Å². The molecule has 0 saturated carbocycles. The van der Waals surface area contributed by atoms with Crippen LogP contribution in [0.1, 0.15) is 11.1 Å². The van der Waals surface area contributed by atoms with Gasteiger partial charge in [-0.3, -0.25) is 4.98 Å². The quantitative estimate of drug-likeness (QED) is 0.172. The Kier molecular flexibility index (Phi) is 7.76. The van der Waals surface area contributed by atoms with Crippen LogP contribution in [0.5, 0.6) is 5.75 Å². The van der Waals surface area contributed by atoms with Crippen molar-refractivity contribution in [3.8, 4) is 33.8 Å². The molecule has 5 aromatic rings. The second-order valence-electron chi connectivity index (χ2n) is 9.16. The Labute approximate surface area is 244 Å². The summed E-state index contributed by atoms with van der Waals surface area (Å²) in [6.45, 7) is 0. The van der Waals surface area contributed by atoms with Crippen LogP contribution in [-0.2, 0) is 12.4 Å². The summed E-state index contributed by atoms with van der Waals surface area (Å²) in [5, 5.41) is 19.3. The van der Waals surface area contributed by atoms with Gasteiger partial charge in [0.25, 0.3) is 0 Å². The molecule has 0 spiro atoms. The molecule has 0 aliphatic rings. The van der Waals surface area contributed by atoms with Gasteiger partial charge in [0, 0.05) is 41.1 Å². The van der Waals surface area contributed by atoms with E-state index < -0.39 is 35.2 Å². The molecule has 7 nitrogen and oxygen atoms in total. The number of hydrogen-bond acceptors (Lipinski definition) is 4. The number of carbonyl (C=O) groups excluding carboxylic acids is 1. The van der Waals surface area contributed by atoms with E-state index in [4.69, 9.17) is 11.6 Å². The molecule has 2 heterocycles. The molecule has 0 aliphatic carbocycles. The predicted molar refractivity (Wildman–Crippen MR) is 148 cm³/mol. The first-order valence-electron chi connectivity index (χ1n) is 12.2. The van der Waals surface area contributed by atoms with Crippen LogP contribution in [-0.4, -0.2) is 25.9 Å². The van der Waals surface area contributed by atoms with Gasteiger partial charge < -0.3 is 15.7 Å². The molecular weight excluding hydrogens is 600 g/mol. The summed E-state index contributed by atoms with van der Waals surface area (Å²) in [4.78, 5) is 16.5. The van der Waals surface area contributed by atoms with Crippen LogP contribution in [0.2, 0.25) is 5.02 Å². The number of phenols is 1. The van der Waals surface area contributed by atoms with Crippen molar-refractivity contribution in [3.63, 3.8) is 0 Å². The highest BCUT2D eigenvalue weighted by Crippen LogP contribution is 2.38. The van der Waals surface area contributed by atoms with Gasteiger partial charge in [0.15, 0.2) is 0 Å². The number of nitrogens with zero attached hydrogens (tertiary/aromatic N) is 3. The number of pyridine rings is 1. The van der Waals surface area contributed by atoms with Crippen molar-refractivity contribution < 1.29 is 36.2 Å². The van der Waals surface area contributed by atoms with Gasteiger partial charge in [-0.1, -0.05) is 17.7 Å². The van der Waals surface area contributed by atoms with Gasteiger partial charge in [0.05, 0.1) is 21.8 Å². The molecule has 14 heteroatoms. The second kappa shape index (κ2) is 11.3. The number of rotatable bonds is 5. The van der Waals surface area contributed by atoms with Crippen LogP contribution in [0.3, 0.4) is 0 Å². The number of carbonyl (C=O) groups is 1. The van der Waals surface area contributed by atoms with Gasteiger partial charge in [-0.15, -0.1) is 0 Å². The van der Waals surface area contributed by atoms with E-state index in [1.807, 2.05) is 5.32 Å². The first-order chi connectivity index (χ1) is 20.3. The maximum atomic E-state index is 13.1. The smallest absolute Gasteiger partial charge is 0.416 e. The fraction of sp³-hybridized carbons (Fsp3) is 0.0690. The molecule has 0 unspecified atom stereocenters. The van der Waals surface area contributed by atoms with E-state index in [9.17, 15) is 36.2 Å². The Balaban J connectivity index is 1.38. The van der Waals surface area contributed by atoms with Gasteiger partial charge >= 0.3 is 18.4 Å². The van der Waals surface area contributed by atoms with E-state index in [1.165, 1.54) is 24.3 Å². The zero-order chi connectivity index (χ0) is 30.9. The molecule has 3 aromatic carbocycles. The van der Waals surface area contributed by atoms with Crippen molar-refractivity contribution in [1.82, 2.24) is 14.8 Å². The lowest BCUT2D eigenvalue weighted by Crippen LogP contribution is -2.20. The van der Waals surface area contributed by atoms with Crippen LogP contribution >= 0.6 is 11.6 Å². The van der Waals surface area contributed by atoms with Gasteiger partial charge in [0.1, 0.15) is 11.4 Å². The number of halogens is 7. The average molecular weight is 618 g/mol. The highest BCUT2D eigenvalue weighted by atomic mass is 35.5. The molecule has 2 amide bonds. The molecule has 0 saturated heterocycles. The van der Waals surface area contributed by atoms with Crippen molar-refractivity contribution in [2.24, 2.45) is 0 Å². The van der Waals surface area contributed by atoms with Gasteiger partial charge in [-0.05, 0) is 72.3 Å². The molecule has 5 rings (SSSR count). The molecule has 0 fully saturated rings. The molecule has 3 N–H and O–H groups in total. The number of phenolic OH excluding ortho intramolecular Hbond substituents is 1. The third-order valence-corrected chi connectivity index (χ3v) is 6.48. The third kappa shape index (κ3) is 6.72. The van der Waals surface area contributed by atoms with E-state index in [0.29, 0.717) is 34.6 Å². The normalized spacial score (nSPS) is 11.8. The number of aromatic nitrogens is 3. The number of anilines is 2. The molecule has 0 radical (unpaired) electrons. The summed E-state index contributed by atoms with van der Waals surface area (Å²) in [5.74, 6) is -0.122. The van der Waals surface area contributed by atoms with Crippen LogP contribution in [0.4, 0.5) is 42.5 Å². The van der Waals surface area contributed by atoms with E-state index in [2.05, 4.69) is 15.4 Å². The van der Waals surface area contributed by atoms with E-state index in [0.717, 1.165) is 5.56 Å². The van der Waals surface area contributed by atoms with Crippen molar-refractivity contribution in [2.45, 2.75) is 12.4 Å². The largest absolute Gasteiger partial charge is 0.506 e. The predicted octanol–water partition coefficient (Wildman–Crippen LogP) is 8.64. The Morgan fingerprint density at radius 2 is 1.37 bits per heavy atom. The lowest BCUT2D eigenvalue weighted by Gasteiger charge is -2.15. The van der Waals surface area contributed by atoms with Crippen molar-refractivity contribution >= 4 is 29.0 Å². The van der Waals surface area contributed by atoms with Gasteiger partial charge in [-0.2, -0.15) is 31.4 Å². The van der Waals surface area contributed by atoms with Crippen molar-refractivity contribution in [1.29, 1.82) is 0 Å². The first kappa shape index (κ1) is 29.5. The molecule has 2 aromatic heterocycles. The standard InChI is InChI=1S/C29H18ClF6N5O2/c30-24-6-1-17(11-25(24)42)26-23(16-7-9-37-10-8-16)15-41(40-26)22-4-2-20(3-5-22)38-27(43)39-21-13-18(28(31,32)33)12-19(14-21)29(34,35)36/h1-15,42H,(H2,38,39,43). The zero-order valence-electron chi connectivity index (χ0n) is 21.5. The molecule has 0 bridgehead atoms. The summed E-state index contributed by atoms with van der Waals surface area (Å²) in [7, 11) is 0. The summed E-state index contributed by atoms with van der Waals surface area (Å²) in [5.41, 5.74) is -0.413. The Morgan fingerprint density at radius 1 is 0.767 bits per heavy atom. The number of alkyl halides is 6. The zero-order valence-corrected chi connectivity index (χ0v) is 22.3. The minimum Gasteiger partial charge on any atom is -0.506 e. The fourth-order valence-electron chi connectivity index (χ4n) is 4.14. The van der Waals surface area contributed by atoms with Crippen molar-refractivity contribution in [2.75, 3.05) is 10.6 Å². The van der Waals surface area contributed by atoms with Crippen LogP contribution in [0.25, 0.3) is 28.1 Å². The number of amides is 2. The number of aromatic hydroxyl groups is 1. The minimum absolute atomic E-state index is 0.0295. The Morgan fingerprint density at radius 3 is 1.95 bits per heavy atom. The SMILES string of the molecule is O=C(Nc1ccc(-n2cc(-c3ccncc3)c(-c3ccc(Cl)c(O)c3)n2)cc1)Nc1cc(C(F)(F)F)cc(C(F)(F)F)c1. The molecule has 0 atom stereocenters. The van der Waals surface area contributed by atoms with E-state index in [-0.39, 0.29) is 22.5 Å². The topological polar surface area (TPSA) is 92.1 Å². The maximum absolute atomic E-state index is 13.1. The highest BCUT2D eigenvalue weighted by molar-refractivity contribution is 6.32. The molecule has 220 valence electrons. The van der Waals surface area contributed by atoms with Crippen molar-refractivity contribution in [3.05, 3.63) is 108 Å². The Bertz CT molecular complexity index is 1760.